The number of benzene rings is 1. The predicted octanol–water partition coefficient (Wildman–Crippen LogP) is 4.01. The van der Waals surface area contributed by atoms with Crippen LogP contribution in [0.2, 0.25) is 0 Å². The summed E-state index contributed by atoms with van der Waals surface area (Å²) in [5.74, 6) is 0. The van der Waals surface area contributed by atoms with Crippen LogP contribution in [0.5, 0.6) is 0 Å². The Morgan fingerprint density at radius 2 is 2.05 bits per heavy atom. The SMILES string of the molecule is C[C@H]1[C@@H](c2ccccc2)OC(=S)N1CC1=CCCC=C1. The first-order valence-electron chi connectivity index (χ1n) is 7.13. The molecule has 2 aliphatic rings. The summed E-state index contributed by atoms with van der Waals surface area (Å²) >= 11 is 5.42. The van der Waals surface area contributed by atoms with Crippen LogP contribution in [0.4, 0.5) is 0 Å². The summed E-state index contributed by atoms with van der Waals surface area (Å²) in [5, 5.41) is 0.617. The van der Waals surface area contributed by atoms with E-state index in [1.54, 1.807) is 0 Å². The van der Waals surface area contributed by atoms with E-state index in [0.717, 1.165) is 19.4 Å². The molecule has 1 aromatic carbocycles. The van der Waals surface area contributed by atoms with Gasteiger partial charge in [0.2, 0.25) is 0 Å². The van der Waals surface area contributed by atoms with Crippen molar-refractivity contribution in [2.24, 2.45) is 0 Å². The zero-order valence-corrected chi connectivity index (χ0v) is 12.5. The highest BCUT2D eigenvalue weighted by molar-refractivity contribution is 7.80. The molecule has 0 amide bonds. The van der Waals surface area contributed by atoms with Crippen molar-refractivity contribution in [1.29, 1.82) is 0 Å². The number of allylic oxidation sites excluding steroid dienone is 2. The Balaban J connectivity index is 1.75. The summed E-state index contributed by atoms with van der Waals surface area (Å²) in [6, 6.07) is 10.6. The average molecular weight is 285 g/mol. The lowest BCUT2D eigenvalue weighted by atomic mass is 10.0. The minimum Gasteiger partial charge on any atom is -0.461 e. The molecule has 0 radical (unpaired) electrons. The molecule has 0 aromatic heterocycles. The number of ether oxygens (including phenoxy) is 1. The van der Waals surface area contributed by atoms with Crippen molar-refractivity contribution in [2.75, 3.05) is 6.54 Å². The van der Waals surface area contributed by atoms with Gasteiger partial charge in [0.05, 0.1) is 6.04 Å². The van der Waals surface area contributed by atoms with E-state index < -0.39 is 0 Å². The van der Waals surface area contributed by atoms with E-state index >= 15 is 0 Å². The van der Waals surface area contributed by atoms with Gasteiger partial charge < -0.3 is 9.64 Å². The van der Waals surface area contributed by atoms with Crippen molar-refractivity contribution in [3.8, 4) is 0 Å². The van der Waals surface area contributed by atoms with Gasteiger partial charge in [0, 0.05) is 6.54 Å². The van der Waals surface area contributed by atoms with Gasteiger partial charge in [-0.3, -0.25) is 0 Å². The Labute approximate surface area is 125 Å². The Morgan fingerprint density at radius 3 is 2.75 bits per heavy atom. The smallest absolute Gasteiger partial charge is 0.260 e. The van der Waals surface area contributed by atoms with E-state index in [1.165, 1.54) is 11.1 Å². The van der Waals surface area contributed by atoms with E-state index in [2.05, 4.69) is 42.2 Å². The Morgan fingerprint density at radius 1 is 1.25 bits per heavy atom. The summed E-state index contributed by atoms with van der Waals surface area (Å²) in [6.07, 6.45) is 9.04. The minimum absolute atomic E-state index is 0.0388. The Hall–Kier alpha value is -1.61. The van der Waals surface area contributed by atoms with Crippen LogP contribution in [0.1, 0.15) is 31.4 Å². The quantitative estimate of drug-likeness (QED) is 0.779. The third-order valence-electron chi connectivity index (χ3n) is 3.94. The average Bonchev–Trinajstić information content (AvgIpc) is 2.77. The molecule has 0 N–H and O–H groups in total. The molecule has 0 unspecified atom stereocenters. The molecule has 104 valence electrons. The second kappa shape index (κ2) is 5.80. The second-order valence-corrected chi connectivity index (χ2v) is 5.69. The predicted molar refractivity (Wildman–Crippen MR) is 85.5 cm³/mol. The van der Waals surface area contributed by atoms with Gasteiger partial charge in [-0.15, -0.1) is 0 Å². The minimum atomic E-state index is 0.0388. The maximum absolute atomic E-state index is 5.92. The lowest BCUT2D eigenvalue weighted by Gasteiger charge is -2.23. The fourth-order valence-electron chi connectivity index (χ4n) is 2.78. The van der Waals surface area contributed by atoms with Gasteiger partial charge in [0.15, 0.2) is 0 Å². The molecule has 0 spiro atoms. The van der Waals surface area contributed by atoms with Crippen LogP contribution in [0, 0.1) is 0 Å². The lowest BCUT2D eigenvalue weighted by Crippen LogP contribution is -2.33. The summed E-state index contributed by atoms with van der Waals surface area (Å²) in [7, 11) is 0. The van der Waals surface area contributed by atoms with Gasteiger partial charge in [-0.05, 0) is 43.1 Å². The maximum Gasteiger partial charge on any atom is 0.260 e. The first-order chi connectivity index (χ1) is 9.75. The molecule has 1 saturated heterocycles. The summed E-state index contributed by atoms with van der Waals surface area (Å²) in [6.45, 7) is 3.03. The molecule has 1 fully saturated rings. The van der Waals surface area contributed by atoms with Gasteiger partial charge in [-0.25, -0.2) is 0 Å². The number of hydrogen-bond donors (Lipinski definition) is 0. The molecule has 2 nitrogen and oxygen atoms in total. The van der Waals surface area contributed by atoms with Crippen molar-refractivity contribution in [1.82, 2.24) is 4.90 Å². The highest BCUT2D eigenvalue weighted by atomic mass is 32.1. The van der Waals surface area contributed by atoms with Gasteiger partial charge in [0.25, 0.3) is 5.17 Å². The molecule has 20 heavy (non-hydrogen) atoms. The van der Waals surface area contributed by atoms with Crippen LogP contribution in [0.15, 0.2) is 54.1 Å². The first-order valence-corrected chi connectivity index (χ1v) is 7.54. The highest BCUT2D eigenvalue weighted by Crippen LogP contribution is 2.33. The normalized spacial score (nSPS) is 25.6. The van der Waals surface area contributed by atoms with Crippen molar-refractivity contribution >= 4 is 17.4 Å². The lowest BCUT2D eigenvalue weighted by molar-refractivity contribution is 0.203. The van der Waals surface area contributed by atoms with Crippen LogP contribution in [-0.4, -0.2) is 22.7 Å². The molecular weight excluding hydrogens is 266 g/mol. The highest BCUT2D eigenvalue weighted by Gasteiger charge is 2.36. The number of hydrogen-bond acceptors (Lipinski definition) is 2. The standard InChI is InChI=1S/C17H19NOS/c1-13-16(15-10-6-3-7-11-15)19-17(20)18(13)12-14-8-4-2-5-9-14/h3-4,6-11,13,16H,2,5,12H2,1H3/t13-,16-/m0/s1. The first kappa shape index (κ1) is 13.4. The Kier molecular flexibility index (Phi) is 3.88. The van der Waals surface area contributed by atoms with E-state index in [9.17, 15) is 0 Å². The van der Waals surface area contributed by atoms with Crippen molar-refractivity contribution in [3.05, 3.63) is 59.7 Å². The fraction of sp³-hybridized carbons (Fsp3) is 0.353. The third-order valence-corrected chi connectivity index (χ3v) is 4.28. The number of nitrogens with zero attached hydrogens (tertiary/aromatic N) is 1. The van der Waals surface area contributed by atoms with Gasteiger partial charge in [-0.2, -0.15) is 0 Å². The zero-order valence-electron chi connectivity index (χ0n) is 11.7. The molecule has 3 rings (SSSR count). The zero-order chi connectivity index (χ0) is 13.9. The third kappa shape index (κ3) is 2.63. The topological polar surface area (TPSA) is 12.5 Å². The molecule has 2 atom stereocenters. The molecule has 1 aliphatic heterocycles. The summed E-state index contributed by atoms with van der Waals surface area (Å²) in [5.41, 5.74) is 2.53. The summed E-state index contributed by atoms with van der Waals surface area (Å²) < 4.78 is 5.92. The largest absolute Gasteiger partial charge is 0.461 e. The van der Waals surface area contributed by atoms with Crippen LogP contribution in [0.25, 0.3) is 0 Å². The monoisotopic (exact) mass is 285 g/mol. The molecular formula is C17H19NOS. The van der Waals surface area contributed by atoms with E-state index in [0.29, 0.717) is 5.17 Å². The van der Waals surface area contributed by atoms with Crippen LogP contribution in [-0.2, 0) is 4.74 Å². The molecule has 0 bridgehead atoms. The number of rotatable bonds is 3. The fourth-order valence-corrected chi connectivity index (χ4v) is 3.12. The van der Waals surface area contributed by atoms with E-state index in [-0.39, 0.29) is 12.1 Å². The molecule has 1 aromatic rings. The van der Waals surface area contributed by atoms with E-state index in [1.807, 2.05) is 18.2 Å². The number of thiocarbonyl (C=S) groups is 1. The van der Waals surface area contributed by atoms with Gasteiger partial charge in [-0.1, -0.05) is 48.6 Å². The van der Waals surface area contributed by atoms with Crippen LogP contribution >= 0.6 is 12.2 Å². The molecule has 1 aliphatic carbocycles. The van der Waals surface area contributed by atoms with Crippen molar-refractivity contribution in [3.63, 3.8) is 0 Å². The van der Waals surface area contributed by atoms with E-state index in [4.69, 9.17) is 17.0 Å². The Bertz CT molecular complexity index is 549. The van der Waals surface area contributed by atoms with Gasteiger partial charge >= 0.3 is 0 Å². The maximum atomic E-state index is 5.92. The second-order valence-electron chi connectivity index (χ2n) is 5.34. The van der Waals surface area contributed by atoms with Crippen LogP contribution < -0.4 is 0 Å². The molecule has 3 heteroatoms. The van der Waals surface area contributed by atoms with Gasteiger partial charge in [0.1, 0.15) is 6.10 Å². The summed E-state index contributed by atoms with van der Waals surface area (Å²) in [4.78, 5) is 2.19. The van der Waals surface area contributed by atoms with Crippen molar-refractivity contribution in [2.45, 2.75) is 31.9 Å². The molecule has 0 saturated carbocycles. The van der Waals surface area contributed by atoms with Crippen LogP contribution in [0.3, 0.4) is 0 Å². The molecule has 1 heterocycles. The van der Waals surface area contributed by atoms with Crippen molar-refractivity contribution < 1.29 is 4.74 Å².